The van der Waals surface area contributed by atoms with Gasteiger partial charge in [0.2, 0.25) is 5.91 Å². The monoisotopic (exact) mass is 475 g/mol. The number of rotatable bonds is 16. The molecule has 184 valence electrons. The molecule has 11 nitrogen and oxygen atoms in total. The Balaban J connectivity index is 1.79. The van der Waals surface area contributed by atoms with E-state index in [2.05, 4.69) is 5.32 Å². The lowest BCUT2D eigenvalue weighted by atomic mass is 10.00. The van der Waals surface area contributed by atoms with Gasteiger partial charge in [0, 0.05) is 82.6 Å². The third-order valence-corrected chi connectivity index (χ3v) is 5.47. The number of nitrogens with zero attached hydrogens (tertiary/aromatic N) is 2. The Bertz CT molecular complexity index is 810. The Morgan fingerprint density at radius 1 is 0.735 bits per heavy atom. The lowest BCUT2D eigenvalue weighted by Crippen LogP contribution is -2.37. The van der Waals surface area contributed by atoms with Crippen LogP contribution in [0.1, 0.15) is 44.9 Å². The van der Waals surface area contributed by atoms with E-state index >= 15 is 0 Å². The minimum absolute atomic E-state index is 0.00432. The first-order chi connectivity index (χ1) is 16.2. The molecule has 11 heteroatoms. The van der Waals surface area contributed by atoms with E-state index in [1.165, 1.54) is 7.11 Å². The zero-order valence-corrected chi connectivity index (χ0v) is 19.1. The standard InChI is InChI=1S/C23H29N3O8/c1-34-15-12-19(29)24-16(2-4-17(27)10-13-25-20(30)6-7-21(25)31)3-5-18(28)11-14-26-22(32)8-9-23(26)33/h6-9,16H,2-5,10-15H2,1H3,(H,24,29). The van der Waals surface area contributed by atoms with E-state index in [1.807, 2.05) is 0 Å². The maximum Gasteiger partial charge on any atom is 0.253 e. The van der Waals surface area contributed by atoms with Crippen LogP contribution >= 0.6 is 0 Å². The highest BCUT2D eigenvalue weighted by Gasteiger charge is 2.25. The summed E-state index contributed by atoms with van der Waals surface area (Å²) in [4.78, 5) is 84.9. The van der Waals surface area contributed by atoms with Gasteiger partial charge in [-0.1, -0.05) is 0 Å². The number of methoxy groups -OCH3 is 1. The van der Waals surface area contributed by atoms with E-state index in [0.717, 1.165) is 34.1 Å². The fourth-order valence-electron chi connectivity index (χ4n) is 3.48. The predicted octanol–water partition coefficient (Wildman–Crippen LogP) is -0.163. The Morgan fingerprint density at radius 2 is 1.15 bits per heavy atom. The lowest BCUT2D eigenvalue weighted by molar-refractivity contribution is -0.139. The van der Waals surface area contributed by atoms with Gasteiger partial charge in [-0.2, -0.15) is 0 Å². The second-order valence-corrected chi connectivity index (χ2v) is 7.98. The van der Waals surface area contributed by atoms with Gasteiger partial charge in [-0.05, 0) is 12.8 Å². The van der Waals surface area contributed by atoms with Gasteiger partial charge in [-0.3, -0.25) is 43.4 Å². The maximum atomic E-state index is 12.3. The molecule has 34 heavy (non-hydrogen) atoms. The van der Waals surface area contributed by atoms with Gasteiger partial charge in [-0.25, -0.2) is 0 Å². The minimum atomic E-state index is -0.451. The number of ether oxygens (including phenoxy) is 1. The Hall–Kier alpha value is -3.47. The molecule has 5 amide bonds. The van der Waals surface area contributed by atoms with Crippen molar-refractivity contribution in [2.45, 2.75) is 51.0 Å². The molecular formula is C23H29N3O8. The van der Waals surface area contributed by atoms with Crippen LogP contribution < -0.4 is 5.32 Å². The van der Waals surface area contributed by atoms with E-state index in [4.69, 9.17) is 4.74 Å². The first kappa shape index (κ1) is 26.8. The molecule has 0 aromatic rings. The second-order valence-electron chi connectivity index (χ2n) is 7.98. The summed E-state index contributed by atoms with van der Waals surface area (Å²) in [5.74, 6) is -2.42. The smallest absolute Gasteiger partial charge is 0.253 e. The summed E-state index contributed by atoms with van der Waals surface area (Å²) >= 11 is 0. The van der Waals surface area contributed by atoms with Crippen LogP contribution in [0.5, 0.6) is 0 Å². The summed E-state index contributed by atoms with van der Waals surface area (Å²) < 4.78 is 4.89. The van der Waals surface area contributed by atoms with Crippen molar-refractivity contribution >= 4 is 41.1 Å². The van der Waals surface area contributed by atoms with Crippen LogP contribution in [0.4, 0.5) is 0 Å². The highest BCUT2D eigenvalue weighted by atomic mass is 16.5. The van der Waals surface area contributed by atoms with Crippen molar-refractivity contribution in [1.29, 1.82) is 0 Å². The van der Waals surface area contributed by atoms with E-state index in [9.17, 15) is 33.6 Å². The van der Waals surface area contributed by atoms with E-state index < -0.39 is 29.7 Å². The lowest BCUT2D eigenvalue weighted by Gasteiger charge is -2.19. The first-order valence-electron chi connectivity index (χ1n) is 11.1. The Labute approximate surface area is 197 Å². The van der Waals surface area contributed by atoms with Crippen molar-refractivity contribution in [3.8, 4) is 0 Å². The Kier molecular flexibility index (Phi) is 10.5. The van der Waals surface area contributed by atoms with Crippen LogP contribution in [0, 0.1) is 0 Å². The van der Waals surface area contributed by atoms with Crippen molar-refractivity contribution < 1.29 is 38.3 Å². The van der Waals surface area contributed by atoms with Crippen LogP contribution in [-0.4, -0.2) is 83.8 Å². The molecule has 0 aliphatic carbocycles. The molecule has 0 atom stereocenters. The fraction of sp³-hybridized carbons (Fsp3) is 0.522. The van der Waals surface area contributed by atoms with Gasteiger partial charge in [0.25, 0.3) is 23.6 Å². The number of imide groups is 2. The van der Waals surface area contributed by atoms with Crippen molar-refractivity contribution in [2.24, 2.45) is 0 Å². The number of carbonyl (C=O) groups is 7. The number of Topliss-reactive ketones (excluding diaryl/α,β-unsaturated/α-hetero) is 2. The van der Waals surface area contributed by atoms with Crippen LogP contribution in [0.25, 0.3) is 0 Å². The number of nitrogens with one attached hydrogen (secondary N) is 1. The largest absolute Gasteiger partial charge is 0.384 e. The van der Waals surface area contributed by atoms with Crippen LogP contribution in [-0.2, 0) is 38.3 Å². The van der Waals surface area contributed by atoms with Gasteiger partial charge < -0.3 is 10.1 Å². The molecule has 0 radical (unpaired) electrons. The summed E-state index contributed by atoms with van der Waals surface area (Å²) in [7, 11) is 1.47. The van der Waals surface area contributed by atoms with Crippen LogP contribution in [0.2, 0.25) is 0 Å². The molecule has 0 aromatic carbocycles. The van der Waals surface area contributed by atoms with Gasteiger partial charge in [0.15, 0.2) is 0 Å². The molecule has 2 aliphatic rings. The number of hydrogen-bond acceptors (Lipinski definition) is 8. The second kappa shape index (κ2) is 13.3. The first-order valence-corrected chi connectivity index (χ1v) is 11.1. The zero-order chi connectivity index (χ0) is 25.1. The zero-order valence-electron chi connectivity index (χ0n) is 19.1. The van der Waals surface area contributed by atoms with Crippen molar-refractivity contribution in [3.63, 3.8) is 0 Å². The molecule has 0 spiro atoms. The summed E-state index contributed by atoms with van der Waals surface area (Å²) in [6, 6.07) is -0.439. The quantitative estimate of drug-likeness (QED) is 0.303. The summed E-state index contributed by atoms with van der Waals surface area (Å²) in [5.41, 5.74) is 0. The fourth-order valence-corrected chi connectivity index (χ4v) is 3.48. The van der Waals surface area contributed by atoms with Gasteiger partial charge in [0.05, 0.1) is 6.61 Å². The summed E-state index contributed by atoms with van der Waals surface area (Å²) in [6.45, 7) is 0.222. The third kappa shape index (κ3) is 8.47. The Morgan fingerprint density at radius 3 is 1.53 bits per heavy atom. The topological polar surface area (TPSA) is 147 Å². The van der Waals surface area contributed by atoms with Gasteiger partial charge in [-0.15, -0.1) is 0 Å². The molecule has 2 aliphatic heterocycles. The average Bonchev–Trinajstić information content (AvgIpc) is 3.30. The summed E-state index contributed by atoms with van der Waals surface area (Å²) in [6.07, 6.45) is 5.56. The molecular weight excluding hydrogens is 446 g/mol. The van der Waals surface area contributed by atoms with Crippen molar-refractivity contribution in [1.82, 2.24) is 15.1 Å². The number of amides is 5. The number of carbonyl (C=O) groups excluding carboxylic acids is 7. The molecule has 0 unspecified atom stereocenters. The summed E-state index contributed by atoms with van der Waals surface area (Å²) in [5, 5.41) is 2.80. The van der Waals surface area contributed by atoms with Crippen molar-refractivity contribution in [3.05, 3.63) is 24.3 Å². The van der Waals surface area contributed by atoms with Gasteiger partial charge >= 0.3 is 0 Å². The molecule has 2 heterocycles. The molecule has 1 N–H and O–H groups in total. The van der Waals surface area contributed by atoms with E-state index in [0.29, 0.717) is 0 Å². The molecule has 0 saturated heterocycles. The number of hydrogen-bond donors (Lipinski definition) is 1. The minimum Gasteiger partial charge on any atom is -0.384 e. The normalized spacial score (nSPS) is 15.2. The molecule has 0 saturated carbocycles. The highest BCUT2D eigenvalue weighted by molar-refractivity contribution is 6.13. The SMILES string of the molecule is COCCC(=O)NC(CCC(=O)CCN1C(=O)C=CC1=O)CCC(=O)CCN1C(=O)C=CC1=O. The average molecular weight is 475 g/mol. The highest BCUT2D eigenvalue weighted by Crippen LogP contribution is 2.12. The van der Waals surface area contributed by atoms with Gasteiger partial charge in [0.1, 0.15) is 11.6 Å². The molecule has 0 aromatic heterocycles. The van der Waals surface area contributed by atoms with Crippen LogP contribution in [0.3, 0.4) is 0 Å². The molecule has 2 rings (SSSR count). The number of ketones is 2. The molecule has 0 bridgehead atoms. The maximum absolute atomic E-state index is 12.3. The van der Waals surface area contributed by atoms with E-state index in [-0.39, 0.29) is 82.1 Å². The van der Waals surface area contributed by atoms with Crippen LogP contribution in [0.15, 0.2) is 24.3 Å². The predicted molar refractivity (Wildman–Crippen MR) is 118 cm³/mol. The van der Waals surface area contributed by atoms with E-state index in [1.54, 1.807) is 0 Å². The molecule has 0 fully saturated rings. The van der Waals surface area contributed by atoms with Crippen molar-refractivity contribution in [2.75, 3.05) is 26.8 Å². The third-order valence-electron chi connectivity index (χ3n) is 5.47.